The molecule has 2 aromatic rings. The number of alkyl halides is 3. The van der Waals surface area contributed by atoms with Crippen LogP contribution in [0.2, 0.25) is 5.02 Å². The summed E-state index contributed by atoms with van der Waals surface area (Å²) in [6.45, 7) is -0.327. The minimum atomic E-state index is -4.84. The molecular weight excluding hydrogens is 468 g/mol. The van der Waals surface area contributed by atoms with Gasteiger partial charge in [0.25, 0.3) is 5.56 Å². The maximum Gasteiger partial charge on any atom is 0.431 e. The average molecular weight is 483 g/mol. The van der Waals surface area contributed by atoms with Gasteiger partial charge < -0.3 is 18.8 Å². The van der Waals surface area contributed by atoms with Crippen molar-refractivity contribution in [2.45, 2.75) is 6.18 Å². The zero-order valence-electron chi connectivity index (χ0n) is 16.3. The fourth-order valence-electron chi connectivity index (χ4n) is 2.42. The second kappa shape index (κ2) is 9.52. The van der Waals surface area contributed by atoms with Crippen molar-refractivity contribution in [2.24, 2.45) is 7.05 Å². The van der Waals surface area contributed by atoms with Crippen LogP contribution < -0.4 is 10.3 Å². The van der Waals surface area contributed by atoms with E-state index in [9.17, 15) is 27.2 Å². The minimum Gasteiger partial charge on any atom is -0.497 e. The Morgan fingerprint density at radius 3 is 2.42 bits per heavy atom. The molecule has 13 heteroatoms. The number of nitrogens with zero attached hydrogens (tertiary/aromatic N) is 2. The SMILES string of the molecule is COC(=O)/C=C(\COc1cc(-n2c(=O)cc(C(F)(F)F)n(C)c2=S)c(F)cc1Cl)OC. The molecule has 7 nitrogen and oxygen atoms in total. The number of hydrogen-bond acceptors (Lipinski definition) is 6. The standard InChI is InChI=1S/C18H15ClF4N2O5S/c1-24-14(18(21,22)23)7-15(26)25(17(24)31)12-6-13(10(19)5-11(12)20)30-8-9(28-2)4-16(27)29-3/h4-7H,8H2,1-3H3/b9-4+. The Hall–Kier alpha value is -2.86. The number of ether oxygens (including phenoxy) is 3. The van der Waals surface area contributed by atoms with E-state index in [1.807, 2.05) is 0 Å². The zero-order valence-corrected chi connectivity index (χ0v) is 17.8. The van der Waals surface area contributed by atoms with E-state index in [1.165, 1.54) is 7.11 Å². The van der Waals surface area contributed by atoms with Gasteiger partial charge in [0.1, 0.15) is 29.6 Å². The van der Waals surface area contributed by atoms with E-state index < -0.39 is 39.7 Å². The highest BCUT2D eigenvalue weighted by atomic mass is 35.5. The largest absolute Gasteiger partial charge is 0.497 e. The van der Waals surface area contributed by atoms with Gasteiger partial charge >= 0.3 is 12.1 Å². The van der Waals surface area contributed by atoms with E-state index >= 15 is 0 Å². The predicted octanol–water partition coefficient (Wildman–Crippen LogP) is 3.80. The molecule has 1 aromatic heterocycles. The van der Waals surface area contributed by atoms with E-state index in [-0.39, 0.29) is 23.1 Å². The smallest absolute Gasteiger partial charge is 0.431 e. The van der Waals surface area contributed by atoms with Gasteiger partial charge in [0, 0.05) is 19.2 Å². The summed E-state index contributed by atoms with van der Waals surface area (Å²) in [5.74, 6) is -1.85. The summed E-state index contributed by atoms with van der Waals surface area (Å²) in [6, 6.07) is 2.10. The molecule has 168 valence electrons. The quantitative estimate of drug-likeness (QED) is 0.205. The number of halogens is 5. The molecule has 0 atom stereocenters. The van der Waals surface area contributed by atoms with Crippen LogP contribution >= 0.6 is 23.8 Å². The third-order valence-corrected chi connectivity index (χ3v) is 4.72. The van der Waals surface area contributed by atoms with Crippen molar-refractivity contribution in [3.05, 3.63) is 61.7 Å². The van der Waals surface area contributed by atoms with Gasteiger partial charge in [0.05, 0.1) is 31.0 Å². The maximum atomic E-state index is 14.6. The molecule has 1 heterocycles. The molecule has 0 saturated carbocycles. The molecule has 2 rings (SSSR count). The normalized spacial score (nSPS) is 11.9. The minimum absolute atomic E-state index is 0.0378. The number of methoxy groups -OCH3 is 2. The Bertz CT molecular complexity index is 1160. The van der Waals surface area contributed by atoms with Crippen LogP contribution in [0.3, 0.4) is 0 Å². The first-order chi connectivity index (χ1) is 14.4. The van der Waals surface area contributed by atoms with Crippen LogP contribution in [0.5, 0.6) is 5.75 Å². The molecule has 0 bridgehead atoms. The predicted molar refractivity (Wildman–Crippen MR) is 104 cm³/mol. The molecule has 0 saturated heterocycles. The van der Waals surface area contributed by atoms with Crippen LogP contribution in [-0.4, -0.2) is 35.9 Å². The molecule has 0 aliphatic rings. The second-order valence-electron chi connectivity index (χ2n) is 5.90. The Morgan fingerprint density at radius 1 is 1.23 bits per heavy atom. The van der Waals surface area contributed by atoms with Crippen LogP contribution in [0, 0.1) is 10.6 Å². The summed E-state index contributed by atoms with van der Waals surface area (Å²) in [6.07, 6.45) is -3.84. The average Bonchev–Trinajstić information content (AvgIpc) is 2.69. The van der Waals surface area contributed by atoms with Crippen molar-refractivity contribution in [1.82, 2.24) is 9.13 Å². The number of hydrogen-bond donors (Lipinski definition) is 0. The van der Waals surface area contributed by atoms with Gasteiger partial charge in [-0.15, -0.1) is 0 Å². The van der Waals surface area contributed by atoms with E-state index in [1.54, 1.807) is 0 Å². The van der Waals surface area contributed by atoms with Gasteiger partial charge in [-0.25, -0.2) is 9.18 Å². The molecule has 0 spiro atoms. The molecule has 1 aromatic carbocycles. The second-order valence-corrected chi connectivity index (χ2v) is 6.68. The highest BCUT2D eigenvalue weighted by Gasteiger charge is 2.34. The van der Waals surface area contributed by atoms with Gasteiger partial charge in [0.2, 0.25) is 0 Å². The first-order valence-corrected chi connectivity index (χ1v) is 9.04. The van der Waals surface area contributed by atoms with Gasteiger partial charge in [-0.3, -0.25) is 9.36 Å². The van der Waals surface area contributed by atoms with E-state index in [2.05, 4.69) is 4.74 Å². The van der Waals surface area contributed by atoms with Crippen molar-refractivity contribution in [1.29, 1.82) is 0 Å². The molecule has 0 unspecified atom stereocenters. The highest BCUT2D eigenvalue weighted by molar-refractivity contribution is 7.71. The molecule has 0 aliphatic carbocycles. The number of aromatic nitrogens is 2. The third kappa shape index (κ3) is 5.44. The number of carbonyl (C=O) groups is 1. The Labute approximate surface area is 183 Å². The lowest BCUT2D eigenvalue weighted by Crippen LogP contribution is -2.28. The number of rotatable bonds is 6. The summed E-state index contributed by atoms with van der Waals surface area (Å²) in [5.41, 5.74) is -2.97. The van der Waals surface area contributed by atoms with Crippen LogP contribution in [0.15, 0.2) is 34.8 Å². The lowest BCUT2D eigenvalue weighted by molar-refractivity contribution is -0.144. The molecule has 0 radical (unpaired) electrons. The number of esters is 1. The fourth-order valence-corrected chi connectivity index (χ4v) is 2.91. The Morgan fingerprint density at radius 2 is 1.87 bits per heavy atom. The van der Waals surface area contributed by atoms with Gasteiger partial charge in [-0.2, -0.15) is 13.2 Å². The van der Waals surface area contributed by atoms with Gasteiger partial charge in [0.15, 0.2) is 4.77 Å². The summed E-state index contributed by atoms with van der Waals surface area (Å²) in [4.78, 5) is 23.6. The first kappa shape index (κ1) is 24.4. The van der Waals surface area contributed by atoms with Gasteiger partial charge in [-0.05, 0) is 18.3 Å². The van der Waals surface area contributed by atoms with Crippen molar-refractivity contribution >= 4 is 29.8 Å². The monoisotopic (exact) mass is 482 g/mol. The van der Waals surface area contributed by atoms with Crippen molar-refractivity contribution in [2.75, 3.05) is 20.8 Å². The van der Waals surface area contributed by atoms with Crippen LogP contribution in [0.4, 0.5) is 17.6 Å². The zero-order chi connectivity index (χ0) is 23.5. The molecule has 0 aliphatic heterocycles. The number of carbonyl (C=O) groups excluding carboxylic acids is 1. The van der Waals surface area contributed by atoms with Crippen LogP contribution in [0.25, 0.3) is 5.69 Å². The Kier molecular flexibility index (Phi) is 7.49. The summed E-state index contributed by atoms with van der Waals surface area (Å²) in [5, 5.41) is -0.204. The molecule has 0 amide bonds. The van der Waals surface area contributed by atoms with Crippen LogP contribution in [0.1, 0.15) is 5.69 Å². The summed E-state index contributed by atoms with van der Waals surface area (Å²) in [7, 11) is 3.42. The van der Waals surface area contributed by atoms with Crippen molar-refractivity contribution < 1.29 is 36.6 Å². The fraction of sp³-hybridized carbons (Fsp3) is 0.278. The molecule has 0 N–H and O–H groups in total. The van der Waals surface area contributed by atoms with E-state index in [0.29, 0.717) is 15.2 Å². The van der Waals surface area contributed by atoms with Crippen LogP contribution in [-0.2, 0) is 27.5 Å². The van der Waals surface area contributed by atoms with E-state index in [4.69, 9.17) is 33.3 Å². The van der Waals surface area contributed by atoms with Gasteiger partial charge in [-0.1, -0.05) is 11.6 Å². The van der Waals surface area contributed by atoms with E-state index in [0.717, 1.165) is 32.4 Å². The summed E-state index contributed by atoms with van der Waals surface area (Å²) < 4.78 is 69.1. The Balaban J connectivity index is 2.55. The van der Waals surface area contributed by atoms with Crippen molar-refractivity contribution in [3.8, 4) is 11.4 Å². The molecule has 31 heavy (non-hydrogen) atoms. The highest BCUT2D eigenvalue weighted by Crippen LogP contribution is 2.31. The topological polar surface area (TPSA) is 71.7 Å². The maximum absolute atomic E-state index is 14.6. The molecule has 0 fully saturated rings. The lowest BCUT2D eigenvalue weighted by atomic mass is 10.2. The lowest BCUT2D eigenvalue weighted by Gasteiger charge is -2.17. The first-order valence-electron chi connectivity index (χ1n) is 8.25. The summed E-state index contributed by atoms with van der Waals surface area (Å²) >= 11 is 10.9. The van der Waals surface area contributed by atoms with Crippen molar-refractivity contribution in [3.63, 3.8) is 0 Å². The molecular formula is C18H15ClF4N2O5S. The number of benzene rings is 1. The third-order valence-electron chi connectivity index (χ3n) is 3.96.